The molecule has 0 spiro atoms. The van der Waals surface area contributed by atoms with Gasteiger partial charge in [-0.25, -0.2) is 4.98 Å². The molecule has 1 aromatic heterocycles. The number of fused-ring (bicyclic) bond motifs is 1. The molecule has 0 aliphatic carbocycles. The summed E-state index contributed by atoms with van der Waals surface area (Å²) in [5.41, 5.74) is 6.34. The van der Waals surface area contributed by atoms with Crippen molar-refractivity contribution in [3.63, 3.8) is 0 Å². The van der Waals surface area contributed by atoms with Crippen LogP contribution in [0, 0.1) is 0 Å². The van der Waals surface area contributed by atoms with Crippen LogP contribution in [-0.4, -0.2) is 10.9 Å². The number of nitrogens with two attached hydrogens (primary N) is 1. The molecular weight excluding hydrogens is 279 g/mol. The van der Waals surface area contributed by atoms with Gasteiger partial charge < -0.3 is 5.73 Å². The minimum Gasteiger partial charge on any atom is -0.366 e. The number of benzene rings is 1. The molecule has 76 valence electrons. The van der Waals surface area contributed by atoms with E-state index in [0.717, 1.165) is 4.47 Å². The summed E-state index contributed by atoms with van der Waals surface area (Å²) in [5.74, 6) is -0.481. The number of hydrogen-bond donors (Lipinski definition) is 1. The van der Waals surface area contributed by atoms with Gasteiger partial charge in [-0.2, -0.15) is 0 Å². The summed E-state index contributed by atoms with van der Waals surface area (Å²) in [7, 11) is 0. The van der Waals surface area contributed by atoms with Gasteiger partial charge in [0.15, 0.2) is 0 Å². The molecule has 0 fully saturated rings. The maximum Gasteiger partial charge on any atom is 0.249 e. The van der Waals surface area contributed by atoms with Gasteiger partial charge >= 0.3 is 0 Å². The zero-order valence-corrected chi connectivity index (χ0v) is 9.84. The van der Waals surface area contributed by atoms with Crippen molar-refractivity contribution in [2.45, 2.75) is 0 Å². The lowest BCUT2D eigenvalue weighted by Gasteiger charge is -2.03. The van der Waals surface area contributed by atoms with E-state index >= 15 is 0 Å². The number of hydrogen-bond acceptors (Lipinski definition) is 2. The third-order valence-electron chi connectivity index (χ3n) is 2.00. The third-order valence-corrected chi connectivity index (χ3v) is 2.67. The van der Waals surface area contributed by atoms with Crippen molar-refractivity contribution in [2.24, 2.45) is 5.73 Å². The zero-order valence-electron chi connectivity index (χ0n) is 7.50. The topological polar surface area (TPSA) is 56.0 Å². The number of nitrogens with zero attached hydrogens (tertiary/aromatic N) is 1. The molecule has 5 heteroatoms. The molecule has 0 radical (unpaired) electrons. The molecule has 0 saturated carbocycles. The fourth-order valence-corrected chi connectivity index (χ4v) is 1.98. The van der Waals surface area contributed by atoms with Crippen LogP contribution in [0.1, 0.15) is 10.4 Å². The van der Waals surface area contributed by atoms with Crippen LogP contribution in [0.3, 0.4) is 0 Å². The highest BCUT2D eigenvalue weighted by Gasteiger charge is 2.09. The first-order valence-electron chi connectivity index (χ1n) is 4.13. The first-order valence-corrected chi connectivity index (χ1v) is 5.30. The van der Waals surface area contributed by atoms with Crippen molar-refractivity contribution >= 4 is 44.3 Å². The highest BCUT2D eigenvalue weighted by atomic mass is 79.9. The van der Waals surface area contributed by atoms with Crippen LogP contribution in [0.25, 0.3) is 10.9 Å². The van der Waals surface area contributed by atoms with Gasteiger partial charge in [-0.15, -0.1) is 0 Å². The SMILES string of the molecule is NC(=O)c1cc(Br)cc2nc(Cl)ccc12. The number of pyridine rings is 1. The summed E-state index contributed by atoms with van der Waals surface area (Å²) >= 11 is 9.05. The summed E-state index contributed by atoms with van der Waals surface area (Å²) in [4.78, 5) is 15.3. The quantitative estimate of drug-likeness (QED) is 0.819. The van der Waals surface area contributed by atoms with Crippen LogP contribution in [0.15, 0.2) is 28.7 Å². The predicted octanol–water partition coefficient (Wildman–Crippen LogP) is 2.75. The van der Waals surface area contributed by atoms with Crippen molar-refractivity contribution in [2.75, 3.05) is 0 Å². The molecule has 0 aliphatic heterocycles. The van der Waals surface area contributed by atoms with Gasteiger partial charge in [0.2, 0.25) is 5.91 Å². The van der Waals surface area contributed by atoms with Gasteiger partial charge in [-0.05, 0) is 24.3 Å². The van der Waals surface area contributed by atoms with Crippen LogP contribution in [0.5, 0.6) is 0 Å². The molecule has 1 amide bonds. The smallest absolute Gasteiger partial charge is 0.249 e. The van der Waals surface area contributed by atoms with Crippen LogP contribution < -0.4 is 5.73 Å². The Balaban J connectivity index is 2.86. The molecule has 0 saturated heterocycles. The number of aromatic nitrogens is 1. The number of carbonyl (C=O) groups is 1. The van der Waals surface area contributed by atoms with Crippen molar-refractivity contribution in [3.05, 3.63) is 39.5 Å². The highest BCUT2D eigenvalue weighted by Crippen LogP contribution is 2.24. The molecule has 2 rings (SSSR count). The maximum absolute atomic E-state index is 11.2. The first-order chi connectivity index (χ1) is 7.08. The number of primary amides is 1. The molecule has 3 nitrogen and oxygen atoms in total. The Morgan fingerprint density at radius 3 is 2.80 bits per heavy atom. The summed E-state index contributed by atoms with van der Waals surface area (Å²) in [6.45, 7) is 0. The molecule has 2 N–H and O–H groups in total. The van der Waals surface area contributed by atoms with Crippen molar-refractivity contribution in [1.29, 1.82) is 0 Å². The second-order valence-electron chi connectivity index (χ2n) is 3.02. The van der Waals surface area contributed by atoms with E-state index in [1.54, 1.807) is 24.3 Å². The van der Waals surface area contributed by atoms with E-state index in [9.17, 15) is 4.79 Å². The molecule has 0 aliphatic rings. The normalized spacial score (nSPS) is 10.5. The van der Waals surface area contributed by atoms with Gasteiger partial charge in [0.05, 0.1) is 5.52 Å². The van der Waals surface area contributed by atoms with Gasteiger partial charge in [0, 0.05) is 15.4 Å². The molecule has 0 atom stereocenters. The second-order valence-corrected chi connectivity index (χ2v) is 4.32. The maximum atomic E-state index is 11.2. The van der Waals surface area contributed by atoms with E-state index in [1.165, 1.54) is 0 Å². The predicted molar refractivity (Wildman–Crippen MR) is 63.0 cm³/mol. The van der Waals surface area contributed by atoms with E-state index in [0.29, 0.717) is 21.6 Å². The Labute approximate surface area is 99.4 Å². The minimum atomic E-state index is -0.481. The molecule has 0 unspecified atom stereocenters. The van der Waals surface area contributed by atoms with E-state index in [4.69, 9.17) is 17.3 Å². The van der Waals surface area contributed by atoms with Crippen molar-refractivity contribution in [1.82, 2.24) is 4.98 Å². The van der Waals surface area contributed by atoms with Gasteiger partial charge in [0.25, 0.3) is 0 Å². The molecule has 1 aromatic carbocycles. The monoisotopic (exact) mass is 284 g/mol. The Kier molecular flexibility index (Phi) is 2.63. The standard InChI is InChI=1S/C10H6BrClN2O/c11-5-3-7(10(13)15)6-1-2-9(12)14-8(6)4-5/h1-4H,(H2,13,15). The molecular formula is C10H6BrClN2O. The Morgan fingerprint density at radius 2 is 2.13 bits per heavy atom. The summed E-state index contributed by atoms with van der Waals surface area (Å²) < 4.78 is 0.749. The largest absolute Gasteiger partial charge is 0.366 e. The first kappa shape index (κ1) is 10.4. The minimum absolute atomic E-state index is 0.385. The molecule has 1 heterocycles. The number of carbonyl (C=O) groups excluding carboxylic acids is 1. The second kappa shape index (κ2) is 3.79. The molecule has 2 aromatic rings. The average molecular weight is 286 g/mol. The van der Waals surface area contributed by atoms with Gasteiger partial charge in [-0.1, -0.05) is 27.5 Å². The zero-order chi connectivity index (χ0) is 11.0. The Hall–Kier alpha value is -1.13. The number of halogens is 2. The summed E-state index contributed by atoms with van der Waals surface area (Å²) in [6.07, 6.45) is 0. The van der Waals surface area contributed by atoms with Crippen molar-refractivity contribution in [3.8, 4) is 0 Å². The Morgan fingerprint density at radius 1 is 1.40 bits per heavy atom. The van der Waals surface area contributed by atoms with Crippen LogP contribution >= 0.6 is 27.5 Å². The average Bonchev–Trinajstić information content (AvgIpc) is 2.15. The fourth-order valence-electron chi connectivity index (χ4n) is 1.38. The van der Waals surface area contributed by atoms with E-state index < -0.39 is 5.91 Å². The van der Waals surface area contributed by atoms with Crippen LogP contribution in [0.2, 0.25) is 5.15 Å². The van der Waals surface area contributed by atoms with Crippen LogP contribution in [0.4, 0.5) is 0 Å². The third kappa shape index (κ3) is 1.96. The Bertz CT molecular complexity index is 551. The highest BCUT2D eigenvalue weighted by molar-refractivity contribution is 9.10. The summed E-state index contributed by atoms with van der Waals surface area (Å²) in [6, 6.07) is 6.81. The lowest BCUT2D eigenvalue weighted by Crippen LogP contribution is -2.11. The molecule has 0 bridgehead atoms. The fraction of sp³-hybridized carbons (Fsp3) is 0. The van der Waals surface area contributed by atoms with Gasteiger partial charge in [-0.3, -0.25) is 4.79 Å². The lowest BCUT2D eigenvalue weighted by atomic mass is 10.1. The van der Waals surface area contributed by atoms with Crippen molar-refractivity contribution < 1.29 is 4.79 Å². The number of rotatable bonds is 1. The lowest BCUT2D eigenvalue weighted by molar-refractivity contribution is 0.100. The van der Waals surface area contributed by atoms with E-state index in [1.807, 2.05) is 0 Å². The van der Waals surface area contributed by atoms with Crippen LogP contribution in [-0.2, 0) is 0 Å². The summed E-state index contributed by atoms with van der Waals surface area (Å²) in [5, 5.41) is 1.09. The van der Waals surface area contributed by atoms with E-state index in [2.05, 4.69) is 20.9 Å². The number of amides is 1. The van der Waals surface area contributed by atoms with E-state index in [-0.39, 0.29) is 0 Å². The van der Waals surface area contributed by atoms with Gasteiger partial charge in [0.1, 0.15) is 5.15 Å². The molecule has 15 heavy (non-hydrogen) atoms.